The zero-order chi connectivity index (χ0) is 10.9. The fourth-order valence-electron chi connectivity index (χ4n) is 0.251. The highest BCUT2D eigenvalue weighted by molar-refractivity contribution is 7.52. The number of nitriles is 1. The van der Waals surface area contributed by atoms with Crippen molar-refractivity contribution < 1.29 is 14.4 Å². The summed E-state index contributed by atoms with van der Waals surface area (Å²) in [5, 5.41) is 8.01. The molecule has 0 amide bonds. The molecule has 0 aromatic carbocycles. The predicted octanol–water partition coefficient (Wildman–Crippen LogP) is 2.27. The van der Waals surface area contributed by atoms with Gasteiger partial charge in [-0.05, 0) is 0 Å². The summed E-state index contributed by atoms with van der Waals surface area (Å²) in [6.07, 6.45) is 2.55. The molecular formula is C8H18NO3P. The molecule has 0 spiro atoms. The average Bonchev–Trinajstić information content (AvgIpc) is 2.04. The lowest BCUT2D eigenvalue weighted by Crippen LogP contribution is -2.00. The van der Waals surface area contributed by atoms with Crippen molar-refractivity contribution in [3.63, 3.8) is 0 Å². The van der Waals surface area contributed by atoms with E-state index in [1.54, 1.807) is 6.07 Å². The molecule has 0 aliphatic rings. The van der Waals surface area contributed by atoms with Gasteiger partial charge in [-0.15, -0.1) is 0 Å². The molecule has 0 aliphatic heterocycles. The van der Waals surface area contributed by atoms with Gasteiger partial charge in [-0.3, -0.25) is 4.57 Å². The van der Waals surface area contributed by atoms with Gasteiger partial charge in [0.1, 0.15) is 0 Å². The first-order chi connectivity index (χ1) is 5.90. The summed E-state index contributed by atoms with van der Waals surface area (Å²) in [5.41, 5.74) is -0.831. The van der Waals surface area contributed by atoms with Crippen molar-refractivity contribution in [1.29, 1.82) is 5.26 Å². The van der Waals surface area contributed by atoms with Crippen LogP contribution in [0.15, 0.2) is 0 Å². The van der Waals surface area contributed by atoms with Crippen molar-refractivity contribution >= 4 is 7.60 Å². The first-order valence-corrected chi connectivity index (χ1v) is 6.00. The van der Waals surface area contributed by atoms with Crippen LogP contribution in [0, 0.1) is 11.3 Å². The molecule has 0 saturated carbocycles. The highest BCUT2D eigenvalue weighted by Crippen LogP contribution is 2.42. The second-order valence-corrected chi connectivity index (χ2v) is 4.86. The highest BCUT2D eigenvalue weighted by Gasteiger charge is 2.22. The van der Waals surface area contributed by atoms with E-state index in [1.807, 2.05) is 0 Å². The Labute approximate surface area is 79.7 Å². The van der Waals surface area contributed by atoms with Crippen LogP contribution in [0.25, 0.3) is 0 Å². The molecule has 0 bridgehead atoms. The molecule has 78 valence electrons. The Morgan fingerprint density at radius 3 is 1.85 bits per heavy atom. The molecule has 1 unspecified atom stereocenters. The number of rotatable bonds is 3. The Morgan fingerprint density at radius 2 is 1.77 bits per heavy atom. The van der Waals surface area contributed by atoms with Crippen molar-refractivity contribution in [3.05, 3.63) is 0 Å². The molecule has 5 heteroatoms. The quantitative estimate of drug-likeness (QED) is 0.695. The SMILES string of the molecule is CC(CC#N)P(=O)(O)O.CCCC. The van der Waals surface area contributed by atoms with Crippen molar-refractivity contribution in [2.24, 2.45) is 0 Å². The molecule has 13 heavy (non-hydrogen) atoms. The van der Waals surface area contributed by atoms with E-state index in [2.05, 4.69) is 13.8 Å². The second kappa shape index (κ2) is 8.25. The molecule has 0 radical (unpaired) electrons. The minimum atomic E-state index is -4.00. The van der Waals surface area contributed by atoms with E-state index in [0.717, 1.165) is 0 Å². The first kappa shape index (κ1) is 15.1. The third-order valence-electron chi connectivity index (χ3n) is 1.46. The fourth-order valence-corrected chi connectivity index (χ4v) is 0.571. The minimum Gasteiger partial charge on any atom is -0.324 e. The van der Waals surface area contributed by atoms with Crippen LogP contribution >= 0.6 is 7.60 Å². The molecule has 0 aromatic rings. The maximum absolute atomic E-state index is 10.3. The summed E-state index contributed by atoms with van der Waals surface area (Å²) in [4.78, 5) is 16.8. The monoisotopic (exact) mass is 207 g/mol. The molecule has 0 rings (SSSR count). The van der Waals surface area contributed by atoms with Gasteiger partial charge in [-0.25, -0.2) is 0 Å². The lowest BCUT2D eigenvalue weighted by Gasteiger charge is -2.07. The van der Waals surface area contributed by atoms with Crippen LogP contribution in [0.3, 0.4) is 0 Å². The summed E-state index contributed by atoms with van der Waals surface area (Å²) in [6.45, 7) is 5.71. The number of nitrogens with zero attached hydrogens (tertiary/aromatic N) is 1. The van der Waals surface area contributed by atoms with E-state index < -0.39 is 13.3 Å². The van der Waals surface area contributed by atoms with Crippen LogP contribution in [0.5, 0.6) is 0 Å². The third kappa shape index (κ3) is 11.6. The smallest absolute Gasteiger partial charge is 0.324 e. The minimum absolute atomic E-state index is 0.0930. The third-order valence-corrected chi connectivity index (χ3v) is 2.79. The number of hydrogen-bond acceptors (Lipinski definition) is 2. The summed E-state index contributed by atoms with van der Waals surface area (Å²) in [6, 6.07) is 1.68. The fraction of sp³-hybridized carbons (Fsp3) is 0.875. The molecule has 4 nitrogen and oxygen atoms in total. The van der Waals surface area contributed by atoms with E-state index in [1.165, 1.54) is 19.8 Å². The number of hydrogen-bond donors (Lipinski definition) is 2. The molecule has 0 aliphatic carbocycles. The Hall–Kier alpha value is -0.360. The zero-order valence-electron chi connectivity index (χ0n) is 8.40. The van der Waals surface area contributed by atoms with Gasteiger partial charge in [0.15, 0.2) is 0 Å². The molecule has 1 atom stereocenters. The lowest BCUT2D eigenvalue weighted by atomic mass is 10.4. The van der Waals surface area contributed by atoms with Crippen molar-refractivity contribution in [3.8, 4) is 6.07 Å². The van der Waals surface area contributed by atoms with Crippen LogP contribution in [-0.2, 0) is 4.57 Å². The second-order valence-electron chi connectivity index (χ2n) is 2.80. The van der Waals surface area contributed by atoms with Gasteiger partial charge in [0.25, 0.3) is 0 Å². The Morgan fingerprint density at radius 1 is 1.38 bits per heavy atom. The highest BCUT2D eigenvalue weighted by atomic mass is 31.2. The van der Waals surface area contributed by atoms with Gasteiger partial charge in [-0.2, -0.15) is 5.26 Å². The lowest BCUT2D eigenvalue weighted by molar-refractivity contribution is 0.361. The van der Waals surface area contributed by atoms with Gasteiger partial charge in [0.2, 0.25) is 0 Å². The maximum atomic E-state index is 10.3. The average molecular weight is 207 g/mol. The summed E-state index contributed by atoms with van der Waals surface area (Å²) in [7, 11) is -4.00. The van der Waals surface area contributed by atoms with E-state index in [-0.39, 0.29) is 6.42 Å². The van der Waals surface area contributed by atoms with Gasteiger partial charge < -0.3 is 9.79 Å². The first-order valence-electron chi connectivity index (χ1n) is 4.32. The standard InChI is InChI=1S/C4H8NO3P.C4H10/c1-4(2-3-5)9(6,7)8;1-3-4-2/h4H,2H2,1H3,(H2,6,7,8);3-4H2,1-2H3. The zero-order valence-corrected chi connectivity index (χ0v) is 9.29. The van der Waals surface area contributed by atoms with Crippen LogP contribution in [-0.4, -0.2) is 15.4 Å². The largest absolute Gasteiger partial charge is 0.329 e. The molecule has 0 saturated heterocycles. The Balaban J connectivity index is 0. The van der Waals surface area contributed by atoms with E-state index in [9.17, 15) is 4.57 Å². The maximum Gasteiger partial charge on any atom is 0.329 e. The molecule has 0 heterocycles. The molecular weight excluding hydrogens is 189 g/mol. The van der Waals surface area contributed by atoms with Crippen molar-refractivity contribution in [1.82, 2.24) is 0 Å². The van der Waals surface area contributed by atoms with Crippen LogP contribution < -0.4 is 0 Å². The Kier molecular flexibility index (Phi) is 9.60. The summed E-state index contributed by atoms with van der Waals surface area (Å²) >= 11 is 0. The van der Waals surface area contributed by atoms with Crippen LogP contribution in [0.1, 0.15) is 40.0 Å². The van der Waals surface area contributed by atoms with E-state index in [0.29, 0.717) is 0 Å². The Bertz CT molecular complexity index is 192. The van der Waals surface area contributed by atoms with Gasteiger partial charge in [0.05, 0.1) is 11.7 Å². The summed E-state index contributed by atoms with van der Waals surface area (Å²) < 4.78 is 10.3. The van der Waals surface area contributed by atoms with Gasteiger partial charge in [-0.1, -0.05) is 33.6 Å². The topological polar surface area (TPSA) is 81.3 Å². The van der Waals surface area contributed by atoms with Crippen LogP contribution in [0.4, 0.5) is 0 Å². The van der Waals surface area contributed by atoms with Crippen molar-refractivity contribution in [2.75, 3.05) is 0 Å². The molecule has 2 N–H and O–H groups in total. The summed E-state index contributed by atoms with van der Waals surface area (Å²) in [5.74, 6) is 0. The predicted molar refractivity (Wildman–Crippen MR) is 52.3 cm³/mol. The molecule has 0 aromatic heterocycles. The van der Waals surface area contributed by atoms with Gasteiger partial charge >= 0.3 is 7.60 Å². The van der Waals surface area contributed by atoms with Crippen molar-refractivity contribution in [2.45, 2.75) is 45.7 Å². The molecule has 0 fully saturated rings. The number of unbranched alkanes of at least 4 members (excludes halogenated alkanes) is 1. The van der Waals surface area contributed by atoms with Gasteiger partial charge in [0, 0.05) is 6.42 Å². The van der Waals surface area contributed by atoms with E-state index >= 15 is 0 Å². The normalized spacial score (nSPS) is 12.3. The van der Waals surface area contributed by atoms with Crippen LogP contribution in [0.2, 0.25) is 0 Å². The van der Waals surface area contributed by atoms with E-state index in [4.69, 9.17) is 15.0 Å².